The van der Waals surface area contributed by atoms with Crippen molar-refractivity contribution in [2.45, 2.75) is 25.2 Å². The Labute approximate surface area is 254 Å². The number of Topliss-reactive ketones (excluding diaryl/α,β-unsaturated/α-hetero) is 3. The molecule has 1 spiro atoms. The van der Waals surface area contributed by atoms with Crippen LogP contribution in [0.5, 0.6) is 17.2 Å². The van der Waals surface area contributed by atoms with E-state index in [2.05, 4.69) is 10.3 Å². The van der Waals surface area contributed by atoms with Gasteiger partial charge >= 0.3 is 0 Å². The van der Waals surface area contributed by atoms with E-state index in [1.165, 1.54) is 0 Å². The second kappa shape index (κ2) is 9.75. The van der Waals surface area contributed by atoms with Gasteiger partial charge in [-0.1, -0.05) is 42.5 Å². The minimum absolute atomic E-state index is 0.0945. The summed E-state index contributed by atoms with van der Waals surface area (Å²) in [6.07, 6.45) is 7.99. The van der Waals surface area contributed by atoms with Crippen molar-refractivity contribution in [2.24, 2.45) is 0 Å². The fourth-order valence-electron chi connectivity index (χ4n) is 6.76. The van der Waals surface area contributed by atoms with Crippen LogP contribution < -0.4 is 10.9 Å². The Hall–Kier alpha value is -6.03. The summed E-state index contributed by atoms with van der Waals surface area (Å²) in [5, 5.41) is 37.3. The molecule has 0 bridgehead atoms. The number of aromatic nitrogens is 1. The van der Waals surface area contributed by atoms with Gasteiger partial charge in [0.25, 0.3) is 5.56 Å². The number of carbonyl (C=O) groups is 4. The first-order chi connectivity index (χ1) is 21.6. The molecule has 45 heavy (non-hydrogen) atoms. The molecule has 10 nitrogen and oxygen atoms in total. The molecule has 4 aromatic rings. The number of allylic oxidation sites excluding steroid dienone is 5. The summed E-state index contributed by atoms with van der Waals surface area (Å²) < 4.78 is 0. The normalized spacial score (nSPS) is 18.7. The van der Waals surface area contributed by atoms with Crippen LogP contribution in [-0.2, 0) is 11.8 Å². The monoisotopic (exact) mass is 600 g/mol. The summed E-state index contributed by atoms with van der Waals surface area (Å²) in [5.74, 6) is -5.97. The Balaban J connectivity index is 1.39. The molecule has 5 N–H and O–H groups in total. The van der Waals surface area contributed by atoms with Crippen LogP contribution in [0.15, 0.2) is 77.3 Å². The van der Waals surface area contributed by atoms with E-state index in [4.69, 9.17) is 0 Å². The van der Waals surface area contributed by atoms with E-state index in [-0.39, 0.29) is 29.5 Å². The Morgan fingerprint density at radius 2 is 1.53 bits per heavy atom. The van der Waals surface area contributed by atoms with E-state index in [1.54, 1.807) is 60.7 Å². The highest BCUT2D eigenvalue weighted by Crippen LogP contribution is 2.57. The quantitative estimate of drug-likeness (QED) is 0.124. The fraction of sp³-hybridized carbons (Fsp3) is 0.114. The Morgan fingerprint density at radius 1 is 0.844 bits per heavy atom. The summed E-state index contributed by atoms with van der Waals surface area (Å²) >= 11 is 0. The first-order valence-corrected chi connectivity index (χ1v) is 14.2. The van der Waals surface area contributed by atoms with Gasteiger partial charge in [0.2, 0.25) is 5.78 Å². The molecule has 10 heteroatoms. The number of para-hydroxylation sites is 1. The minimum atomic E-state index is -2.09. The van der Waals surface area contributed by atoms with Gasteiger partial charge in [-0.05, 0) is 55.0 Å². The lowest BCUT2D eigenvalue weighted by atomic mass is 9.76. The maximum atomic E-state index is 14.3. The number of phenols is 3. The first kappa shape index (κ1) is 27.8. The highest BCUT2D eigenvalue weighted by Gasteiger charge is 2.61. The minimum Gasteiger partial charge on any atom is -0.507 e. The van der Waals surface area contributed by atoms with Crippen LogP contribution in [0.25, 0.3) is 16.8 Å². The lowest BCUT2D eigenvalue weighted by Crippen LogP contribution is -2.36. The summed E-state index contributed by atoms with van der Waals surface area (Å²) in [4.78, 5) is 71.1. The van der Waals surface area contributed by atoms with Crippen molar-refractivity contribution in [3.8, 4) is 17.2 Å². The number of benzene rings is 3. The lowest BCUT2D eigenvalue weighted by molar-refractivity contribution is 0.0790. The number of aryl methyl sites for hydroxylation is 1. The van der Waals surface area contributed by atoms with Gasteiger partial charge in [-0.15, -0.1) is 0 Å². The number of phenolic OH excluding ortho intramolecular Hbond substituents is 3. The number of rotatable bonds is 4. The number of hydrogen-bond acceptors (Lipinski definition) is 9. The second-order valence-corrected chi connectivity index (χ2v) is 11.2. The number of hydrogen-bond donors (Lipinski definition) is 5. The molecule has 7 rings (SSSR count). The van der Waals surface area contributed by atoms with E-state index >= 15 is 0 Å². The topological polar surface area (TPSA) is 174 Å². The third-order valence-corrected chi connectivity index (χ3v) is 8.71. The summed E-state index contributed by atoms with van der Waals surface area (Å²) in [7, 11) is 0. The Morgan fingerprint density at radius 3 is 2.22 bits per heavy atom. The standard InChI is InChI=1S/C35H24N2O8/c1-2-3-5-10-19-14-17-13-16-11-12-35(27(16)31(42)22(17)34(45)37-19)32(43)25-26(33(35)44)30(41)24-23(29(25)40)21(38)15-20(28(24)39)36-18-8-6-4-7-9-18/h2-10,13-15,36,40-42H,11-12H2,1H3,(H,37,45)/b3-2+,10-5+/t35-/m0/s1. The van der Waals surface area contributed by atoms with Crippen LogP contribution in [-0.4, -0.2) is 43.4 Å². The summed E-state index contributed by atoms with van der Waals surface area (Å²) in [6, 6.07) is 11.8. The zero-order valence-corrected chi connectivity index (χ0v) is 23.7. The molecular weight excluding hydrogens is 576 g/mol. The van der Waals surface area contributed by atoms with Gasteiger partial charge in [-0.3, -0.25) is 24.0 Å². The van der Waals surface area contributed by atoms with Crippen LogP contribution in [0.1, 0.15) is 71.6 Å². The summed E-state index contributed by atoms with van der Waals surface area (Å²) in [6.45, 7) is 1.84. The van der Waals surface area contributed by atoms with Crippen molar-refractivity contribution in [1.29, 1.82) is 0 Å². The van der Waals surface area contributed by atoms with Crippen molar-refractivity contribution in [3.63, 3.8) is 0 Å². The van der Waals surface area contributed by atoms with Crippen molar-refractivity contribution >= 4 is 45.7 Å². The van der Waals surface area contributed by atoms with Gasteiger partial charge in [-0.25, -0.2) is 0 Å². The predicted octanol–water partition coefficient (Wildman–Crippen LogP) is 4.87. The molecule has 0 unspecified atom stereocenters. The average Bonchev–Trinajstić information content (AvgIpc) is 3.50. The molecule has 3 aliphatic carbocycles. The Kier molecular flexibility index (Phi) is 6.02. The lowest BCUT2D eigenvalue weighted by Gasteiger charge is -2.22. The first-order valence-electron chi connectivity index (χ1n) is 14.2. The van der Waals surface area contributed by atoms with Gasteiger partial charge < -0.3 is 25.6 Å². The van der Waals surface area contributed by atoms with Crippen LogP contribution in [0.4, 0.5) is 5.69 Å². The number of ketones is 4. The molecule has 0 saturated carbocycles. The van der Waals surface area contributed by atoms with Gasteiger partial charge in [-0.2, -0.15) is 0 Å². The molecule has 1 heterocycles. The zero-order chi connectivity index (χ0) is 31.8. The maximum absolute atomic E-state index is 14.3. The smallest absolute Gasteiger partial charge is 0.260 e. The summed E-state index contributed by atoms with van der Waals surface area (Å²) in [5.41, 5.74) is -4.04. The highest BCUT2D eigenvalue weighted by atomic mass is 16.3. The van der Waals surface area contributed by atoms with Crippen molar-refractivity contribution in [2.75, 3.05) is 5.32 Å². The zero-order valence-electron chi connectivity index (χ0n) is 23.7. The van der Waals surface area contributed by atoms with E-state index in [0.717, 1.165) is 6.08 Å². The number of aromatic amines is 1. The third-order valence-electron chi connectivity index (χ3n) is 8.71. The van der Waals surface area contributed by atoms with Crippen LogP contribution in [0.2, 0.25) is 0 Å². The molecule has 222 valence electrons. The number of aromatic hydroxyl groups is 3. The number of carbonyl (C=O) groups excluding carboxylic acids is 4. The van der Waals surface area contributed by atoms with Crippen LogP contribution in [0, 0.1) is 0 Å². The van der Waals surface area contributed by atoms with Crippen molar-refractivity contribution < 1.29 is 34.5 Å². The number of pyridine rings is 1. The van der Waals surface area contributed by atoms with E-state index in [9.17, 15) is 39.3 Å². The number of fused-ring (bicyclic) bond motifs is 5. The fourth-order valence-corrected chi connectivity index (χ4v) is 6.76. The van der Waals surface area contributed by atoms with Crippen LogP contribution in [0.3, 0.4) is 0 Å². The number of anilines is 1. The van der Waals surface area contributed by atoms with E-state index in [0.29, 0.717) is 22.3 Å². The maximum Gasteiger partial charge on any atom is 0.260 e. The van der Waals surface area contributed by atoms with Crippen LogP contribution >= 0.6 is 0 Å². The molecule has 0 aliphatic heterocycles. The molecule has 0 amide bonds. The molecule has 3 aliphatic rings. The molecular formula is C35H24N2O8. The van der Waals surface area contributed by atoms with Crippen molar-refractivity contribution in [1.82, 2.24) is 4.98 Å². The third kappa shape index (κ3) is 3.72. The largest absolute Gasteiger partial charge is 0.507 e. The number of H-pyrrole nitrogens is 1. The Bertz CT molecular complexity index is 2220. The highest BCUT2D eigenvalue weighted by molar-refractivity contribution is 6.39. The predicted molar refractivity (Wildman–Crippen MR) is 165 cm³/mol. The van der Waals surface area contributed by atoms with Gasteiger partial charge in [0.05, 0.1) is 33.3 Å². The SMILES string of the molecule is C/C=C/C=C/c1cc2cc3c(c(O)c2c(=O)[nH]1)[C@@]1(CC3)C(=O)c2c(O)c3c(c(O)c2C1=O)C(=O)C(Nc1ccccc1)=CC3=O. The molecule has 1 atom stereocenters. The molecule has 0 fully saturated rings. The van der Waals surface area contributed by atoms with Gasteiger partial charge in [0.1, 0.15) is 22.7 Å². The van der Waals surface area contributed by atoms with E-state index in [1.807, 2.05) is 13.0 Å². The second-order valence-electron chi connectivity index (χ2n) is 11.2. The molecule has 0 radical (unpaired) electrons. The number of nitrogens with one attached hydrogen (secondary N) is 2. The van der Waals surface area contributed by atoms with E-state index < -0.39 is 73.6 Å². The van der Waals surface area contributed by atoms with Crippen molar-refractivity contribution in [3.05, 3.63) is 122 Å². The average molecular weight is 601 g/mol. The molecule has 1 aromatic heterocycles. The molecule has 3 aromatic carbocycles. The van der Waals surface area contributed by atoms with Gasteiger partial charge in [0.15, 0.2) is 17.3 Å². The molecule has 0 saturated heterocycles. The van der Waals surface area contributed by atoms with Gasteiger partial charge in [0, 0.05) is 23.0 Å².